The van der Waals surface area contributed by atoms with Crippen LogP contribution in [-0.4, -0.2) is 24.1 Å². The number of benzene rings is 1. The summed E-state index contributed by atoms with van der Waals surface area (Å²) in [5.41, 5.74) is 5.52. The van der Waals surface area contributed by atoms with Gasteiger partial charge in [-0.05, 0) is 25.0 Å². The molecule has 0 bridgehead atoms. The molecule has 0 spiro atoms. The third-order valence-electron chi connectivity index (χ3n) is 4.07. The summed E-state index contributed by atoms with van der Waals surface area (Å²) in [6.45, 7) is 0. The first-order valence-corrected chi connectivity index (χ1v) is 7.06. The van der Waals surface area contributed by atoms with Crippen LogP contribution in [-0.2, 0) is 4.79 Å². The lowest BCUT2D eigenvalue weighted by Crippen LogP contribution is -2.48. The molecule has 1 aliphatic rings. The van der Waals surface area contributed by atoms with Crippen LogP contribution in [0, 0.1) is 5.41 Å². The number of nitrogens with two attached hydrogens (primary N) is 1. The van der Waals surface area contributed by atoms with Gasteiger partial charge in [-0.25, -0.2) is 0 Å². The van der Waals surface area contributed by atoms with Gasteiger partial charge in [0.25, 0.3) is 0 Å². The Morgan fingerprint density at radius 2 is 2.10 bits per heavy atom. The standard InChI is InChI=1S/C15H21N3O3/c1-21-12-7-5-6-11(10-12)17-14(19)15(13(16)18-20)8-3-2-4-9-15/h5-7,10,20H,2-4,8-9H2,1H3,(H2,16,18)(H,17,19). The van der Waals surface area contributed by atoms with Crippen molar-refractivity contribution in [3.05, 3.63) is 24.3 Å². The third kappa shape index (κ3) is 3.09. The molecule has 21 heavy (non-hydrogen) atoms. The average molecular weight is 291 g/mol. The van der Waals surface area contributed by atoms with Crippen LogP contribution < -0.4 is 15.8 Å². The molecule has 0 radical (unpaired) electrons. The number of rotatable bonds is 4. The average Bonchev–Trinajstić information content (AvgIpc) is 2.54. The molecule has 0 unspecified atom stereocenters. The first-order chi connectivity index (χ1) is 10.1. The van der Waals surface area contributed by atoms with Gasteiger partial charge in [-0.1, -0.05) is 30.5 Å². The summed E-state index contributed by atoms with van der Waals surface area (Å²) >= 11 is 0. The second-order valence-corrected chi connectivity index (χ2v) is 5.31. The minimum Gasteiger partial charge on any atom is -0.497 e. The van der Waals surface area contributed by atoms with Crippen molar-refractivity contribution in [2.75, 3.05) is 12.4 Å². The van der Waals surface area contributed by atoms with Crippen LogP contribution in [0.15, 0.2) is 29.4 Å². The Morgan fingerprint density at radius 3 is 2.71 bits per heavy atom. The molecule has 0 heterocycles. The molecule has 114 valence electrons. The Balaban J connectivity index is 2.22. The molecule has 6 nitrogen and oxygen atoms in total. The lowest BCUT2D eigenvalue weighted by molar-refractivity contribution is -0.123. The van der Waals surface area contributed by atoms with E-state index < -0.39 is 5.41 Å². The number of oxime groups is 1. The van der Waals surface area contributed by atoms with E-state index in [-0.39, 0.29) is 11.7 Å². The van der Waals surface area contributed by atoms with Crippen molar-refractivity contribution in [2.24, 2.45) is 16.3 Å². The van der Waals surface area contributed by atoms with E-state index in [1.165, 1.54) is 0 Å². The number of carbonyl (C=O) groups excluding carboxylic acids is 1. The minimum absolute atomic E-state index is 0.0115. The highest BCUT2D eigenvalue weighted by Gasteiger charge is 2.43. The van der Waals surface area contributed by atoms with E-state index in [4.69, 9.17) is 15.7 Å². The molecule has 0 saturated heterocycles. The highest BCUT2D eigenvalue weighted by atomic mass is 16.5. The molecule has 0 atom stereocenters. The molecule has 1 amide bonds. The zero-order valence-corrected chi connectivity index (χ0v) is 12.1. The molecule has 0 aliphatic heterocycles. The fraction of sp³-hybridized carbons (Fsp3) is 0.467. The number of methoxy groups -OCH3 is 1. The summed E-state index contributed by atoms with van der Waals surface area (Å²) < 4.78 is 5.14. The topological polar surface area (TPSA) is 96.9 Å². The highest BCUT2D eigenvalue weighted by molar-refractivity contribution is 6.11. The van der Waals surface area contributed by atoms with E-state index in [1.54, 1.807) is 31.4 Å². The Morgan fingerprint density at radius 1 is 1.38 bits per heavy atom. The van der Waals surface area contributed by atoms with Crippen LogP contribution >= 0.6 is 0 Å². The van der Waals surface area contributed by atoms with E-state index in [9.17, 15) is 4.79 Å². The van der Waals surface area contributed by atoms with Crippen molar-refractivity contribution in [3.63, 3.8) is 0 Å². The molecule has 1 aromatic carbocycles. The molecule has 2 rings (SSSR count). The van der Waals surface area contributed by atoms with E-state index >= 15 is 0 Å². The fourth-order valence-electron chi connectivity index (χ4n) is 2.80. The van der Waals surface area contributed by atoms with Gasteiger partial charge >= 0.3 is 0 Å². The first kappa shape index (κ1) is 15.2. The van der Waals surface area contributed by atoms with Gasteiger partial charge in [0, 0.05) is 11.8 Å². The molecular weight excluding hydrogens is 270 g/mol. The molecule has 6 heteroatoms. The Kier molecular flexibility index (Phi) is 4.67. The van der Waals surface area contributed by atoms with Crippen LogP contribution in [0.5, 0.6) is 5.75 Å². The number of anilines is 1. The van der Waals surface area contributed by atoms with Crippen molar-refractivity contribution in [2.45, 2.75) is 32.1 Å². The predicted molar refractivity (Wildman–Crippen MR) is 80.6 cm³/mol. The molecular formula is C15H21N3O3. The van der Waals surface area contributed by atoms with Crippen molar-refractivity contribution in [1.29, 1.82) is 0 Å². The lowest BCUT2D eigenvalue weighted by atomic mass is 9.72. The van der Waals surface area contributed by atoms with Gasteiger partial charge in [0.05, 0.1) is 7.11 Å². The predicted octanol–water partition coefficient (Wildman–Crippen LogP) is 2.33. The van der Waals surface area contributed by atoms with E-state index in [0.29, 0.717) is 24.3 Å². The fourth-order valence-corrected chi connectivity index (χ4v) is 2.80. The lowest BCUT2D eigenvalue weighted by Gasteiger charge is -2.34. The van der Waals surface area contributed by atoms with E-state index in [0.717, 1.165) is 19.3 Å². The van der Waals surface area contributed by atoms with Gasteiger partial charge in [0.1, 0.15) is 11.2 Å². The quantitative estimate of drug-likeness (QED) is 0.343. The van der Waals surface area contributed by atoms with E-state index in [1.807, 2.05) is 0 Å². The van der Waals surface area contributed by atoms with Crippen molar-refractivity contribution in [3.8, 4) is 5.75 Å². The number of ether oxygens (including phenoxy) is 1. The number of hydrogen-bond acceptors (Lipinski definition) is 4. The second-order valence-electron chi connectivity index (χ2n) is 5.31. The van der Waals surface area contributed by atoms with Crippen LogP contribution in [0.1, 0.15) is 32.1 Å². The number of amides is 1. The third-order valence-corrected chi connectivity index (χ3v) is 4.07. The smallest absolute Gasteiger partial charge is 0.238 e. The summed E-state index contributed by atoms with van der Waals surface area (Å²) in [5, 5.41) is 15.0. The van der Waals surface area contributed by atoms with Crippen molar-refractivity contribution < 1.29 is 14.7 Å². The number of amidine groups is 1. The second kappa shape index (κ2) is 6.47. The molecule has 1 aliphatic carbocycles. The number of nitrogens with one attached hydrogen (secondary N) is 1. The zero-order chi connectivity index (χ0) is 15.3. The maximum Gasteiger partial charge on any atom is 0.238 e. The van der Waals surface area contributed by atoms with Gasteiger partial charge in [0.2, 0.25) is 5.91 Å². The highest BCUT2D eigenvalue weighted by Crippen LogP contribution is 2.37. The monoisotopic (exact) mass is 291 g/mol. The minimum atomic E-state index is -0.921. The van der Waals surface area contributed by atoms with Gasteiger partial charge < -0.3 is 21.0 Å². The van der Waals surface area contributed by atoms with Crippen LogP contribution in [0.25, 0.3) is 0 Å². The van der Waals surface area contributed by atoms with Crippen molar-refractivity contribution >= 4 is 17.4 Å². The van der Waals surface area contributed by atoms with Gasteiger partial charge in [-0.3, -0.25) is 4.79 Å². The first-order valence-electron chi connectivity index (χ1n) is 7.06. The van der Waals surface area contributed by atoms with Crippen molar-refractivity contribution in [1.82, 2.24) is 0 Å². The van der Waals surface area contributed by atoms with E-state index in [2.05, 4.69) is 10.5 Å². The largest absolute Gasteiger partial charge is 0.497 e. The molecule has 0 aromatic heterocycles. The Labute approximate surface area is 124 Å². The molecule has 1 aromatic rings. The van der Waals surface area contributed by atoms with Crippen LogP contribution in [0.4, 0.5) is 5.69 Å². The van der Waals surface area contributed by atoms with Gasteiger partial charge in [-0.2, -0.15) is 0 Å². The maximum absolute atomic E-state index is 12.7. The summed E-state index contributed by atoms with van der Waals surface area (Å²) in [5.74, 6) is 0.419. The molecule has 4 N–H and O–H groups in total. The molecule has 1 fully saturated rings. The summed E-state index contributed by atoms with van der Waals surface area (Å²) in [7, 11) is 1.57. The number of hydrogen-bond donors (Lipinski definition) is 3. The van der Waals surface area contributed by atoms with Gasteiger partial charge in [-0.15, -0.1) is 0 Å². The normalized spacial score (nSPS) is 18.0. The number of carbonyl (C=O) groups is 1. The number of nitrogens with zero attached hydrogens (tertiary/aromatic N) is 1. The zero-order valence-electron chi connectivity index (χ0n) is 12.1. The summed E-state index contributed by atoms with van der Waals surface area (Å²) in [6, 6.07) is 7.12. The van der Waals surface area contributed by atoms with Crippen LogP contribution in [0.3, 0.4) is 0 Å². The Bertz CT molecular complexity index is 537. The molecule has 1 saturated carbocycles. The maximum atomic E-state index is 12.7. The van der Waals surface area contributed by atoms with Crippen LogP contribution in [0.2, 0.25) is 0 Å². The summed E-state index contributed by atoms with van der Waals surface area (Å²) in [4.78, 5) is 12.7. The summed E-state index contributed by atoms with van der Waals surface area (Å²) in [6.07, 6.45) is 4.04. The van der Waals surface area contributed by atoms with Gasteiger partial charge in [0.15, 0.2) is 5.84 Å². The Hall–Kier alpha value is -2.24. The SMILES string of the molecule is COc1cccc(NC(=O)C2(C(N)=NO)CCCCC2)c1.